The number of hydrogen-bond acceptors (Lipinski definition) is 4. The molecule has 5 nitrogen and oxygen atoms in total. The van der Waals surface area contributed by atoms with Gasteiger partial charge in [0.05, 0.1) is 0 Å². The van der Waals surface area contributed by atoms with Crippen molar-refractivity contribution in [1.82, 2.24) is 14.7 Å². The lowest BCUT2D eigenvalue weighted by Gasteiger charge is -2.34. The summed E-state index contributed by atoms with van der Waals surface area (Å²) in [7, 11) is 4.09. The van der Waals surface area contributed by atoms with Crippen LogP contribution >= 0.6 is 0 Å². The molecular formula is C24H33N3O2. The highest BCUT2D eigenvalue weighted by Crippen LogP contribution is 2.24. The van der Waals surface area contributed by atoms with Crippen LogP contribution in [-0.4, -0.2) is 66.0 Å². The van der Waals surface area contributed by atoms with Crippen LogP contribution in [0.2, 0.25) is 0 Å². The molecule has 1 amide bonds. The van der Waals surface area contributed by atoms with Gasteiger partial charge >= 0.3 is 0 Å². The van der Waals surface area contributed by atoms with Crippen LogP contribution in [0, 0.1) is 5.92 Å². The van der Waals surface area contributed by atoms with E-state index in [1.807, 2.05) is 55.4 Å². The third kappa shape index (κ3) is 6.31. The lowest BCUT2D eigenvalue weighted by Crippen LogP contribution is -2.44. The van der Waals surface area contributed by atoms with Gasteiger partial charge in [0.1, 0.15) is 5.75 Å². The fourth-order valence-electron chi connectivity index (χ4n) is 3.87. The van der Waals surface area contributed by atoms with Gasteiger partial charge in [-0.2, -0.15) is 0 Å². The Hall–Kier alpha value is -2.37. The van der Waals surface area contributed by atoms with E-state index in [-0.39, 0.29) is 11.8 Å². The molecule has 1 saturated heterocycles. The van der Waals surface area contributed by atoms with Crippen LogP contribution in [-0.2, 0) is 17.9 Å². The van der Waals surface area contributed by atoms with Gasteiger partial charge in [-0.15, -0.1) is 0 Å². The van der Waals surface area contributed by atoms with E-state index >= 15 is 0 Å². The maximum atomic E-state index is 13.3. The number of phenolic OH excluding ortho intramolecular Hbond substituents is 1. The molecule has 1 aliphatic rings. The van der Waals surface area contributed by atoms with E-state index in [0.717, 1.165) is 51.1 Å². The van der Waals surface area contributed by atoms with Crippen molar-refractivity contribution in [3.8, 4) is 5.75 Å². The molecule has 0 unspecified atom stereocenters. The Morgan fingerprint density at radius 1 is 1.00 bits per heavy atom. The number of nitrogens with zero attached hydrogens (tertiary/aromatic N) is 3. The second-order valence-electron chi connectivity index (χ2n) is 8.23. The lowest BCUT2D eigenvalue weighted by atomic mass is 9.94. The van der Waals surface area contributed by atoms with Crippen molar-refractivity contribution in [2.24, 2.45) is 5.92 Å². The summed E-state index contributed by atoms with van der Waals surface area (Å²) in [4.78, 5) is 19.8. The molecule has 2 aromatic rings. The molecule has 29 heavy (non-hydrogen) atoms. The summed E-state index contributed by atoms with van der Waals surface area (Å²) in [5.74, 6) is 0.711. The largest absolute Gasteiger partial charge is 0.508 e. The maximum absolute atomic E-state index is 13.3. The van der Waals surface area contributed by atoms with Gasteiger partial charge in [0, 0.05) is 37.7 Å². The second-order valence-corrected chi connectivity index (χ2v) is 8.23. The molecule has 0 spiro atoms. The molecule has 0 bridgehead atoms. The summed E-state index contributed by atoms with van der Waals surface area (Å²) in [6.45, 7) is 4.80. The van der Waals surface area contributed by atoms with Crippen molar-refractivity contribution in [3.63, 3.8) is 0 Å². The molecule has 156 valence electrons. The number of amides is 1. The number of carbonyl (C=O) groups excluding carboxylic acids is 1. The molecule has 0 atom stereocenters. The third-order valence-corrected chi connectivity index (χ3v) is 5.67. The highest BCUT2D eigenvalue weighted by molar-refractivity contribution is 5.79. The van der Waals surface area contributed by atoms with Crippen LogP contribution in [0.4, 0.5) is 0 Å². The maximum Gasteiger partial charge on any atom is 0.226 e. The Labute approximate surface area is 174 Å². The number of likely N-dealkylation sites (N-methyl/N-ethyl adjacent to an activating group) is 1. The highest BCUT2D eigenvalue weighted by Gasteiger charge is 2.28. The van der Waals surface area contributed by atoms with Gasteiger partial charge in [-0.3, -0.25) is 9.69 Å². The summed E-state index contributed by atoms with van der Waals surface area (Å²) >= 11 is 0. The monoisotopic (exact) mass is 395 g/mol. The first-order chi connectivity index (χ1) is 14.0. The molecule has 0 radical (unpaired) electrons. The third-order valence-electron chi connectivity index (χ3n) is 5.67. The van der Waals surface area contributed by atoms with Crippen LogP contribution in [0.15, 0.2) is 54.6 Å². The molecule has 0 aliphatic carbocycles. The first kappa shape index (κ1) is 21.3. The van der Waals surface area contributed by atoms with Crippen LogP contribution in [0.1, 0.15) is 24.0 Å². The fraction of sp³-hybridized carbons (Fsp3) is 0.458. The van der Waals surface area contributed by atoms with Crippen LogP contribution in [0.5, 0.6) is 5.75 Å². The van der Waals surface area contributed by atoms with Gasteiger partial charge in [-0.1, -0.05) is 48.5 Å². The number of benzene rings is 2. The van der Waals surface area contributed by atoms with Crippen molar-refractivity contribution >= 4 is 5.91 Å². The average Bonchev–Trinajstić information content (AvgIpc) is 2.73. The zero-order valence-corrected chi connectivity index (χ0v) is 17.6. The van der Waals surface area contributed by atoms with Crippen molar-refractivity contribution in [2.45, 2.75) is 25.9 Å². The predicted octanol–water partition coefficient (Wildman–Crippen LogP) is 3.19. The molecule has 1 fully saturated rings. The zero-order valence-electron chi connectivity index (χ0n) is 17.6. The number of carbonyl (C=O) groups is 1. The summed E-state index contributed by atoms with van der Waals surface area (Å²) in [6.07, 6.45) is 1.75. The Morgan fingerprint density at radius 2 is 1.66 bits per heavy atom. The van der Waals surface area contributed by atoms with Crippen molar-refractivity contribution < 1.29 is 9.90 Å². The number of para-hydroxylation sites is 1. The quantitative estimate of drug-likeness (QED) is 0.746. The van der Waals surface area contributed by atoms with Crippen LogP contribution in [0.3, 0.4) is 0 Å². The molecule has 5 heteroatoms. The highest BCUT2D eigenvalue weighted by atomic mass is 16.3. The van der Waals surface area contributed by atoms with E-state index in [4.69, 9.17) is 0 Å². The van der Waals surface area contributed by atoms with Gasteiger partial charge < -0.3 is 14.9 Å². The minimum Gasteiger partial charge on any atom is -0.508 e. The second kappa shape index (κ2) is 10.4. The molecule has 2 aromatic carbocycles. The summed E-state index contributed by atoms with van der Waals surface area (Å²) in [5, 5.41) is 10.0. The fourth-order valence-corrected chi connectivity index (χ4v) is 3.87. The number of hydrogen-bond donors (Lipinski definition) is 1. The van der Waals surface area contributed by atoms with Crippen LogP contribution in [0.25, 0.3) is 0 Å². The summed E-state index contributed by atoms with van der Waals surface area (Å²) < 4.78 is 0. The van der Waals surface area contributed by atoms with E-state index in [2.05, 4.69) is 21.9 Å². The van der Waals surface area contributed by atoms with Crippen LogP contribution < -0.4 is 0 Å². The van der Waals surface area contributed by atoms with E-state index in [0.29, 0.717) is 12.3 Å². The van der Waals surface area contributed by atoms with E-state index in [1.165, 1.54) is 5.56 Å². The Balaban J connectivity index is 1.57. The minimum absolute atomic E-state index is 0.0847. The summed E-state index contributed by atoms with van der Waals surface area (Å²) in [6, 6.07) is 17.7. The average molecular weight is 396 g/mol. The molecular weight excluding hydrogens is 362 g/mol. The number of phenols is 1. The van der Waals surface area contributed by atoms with E-state index in [1.54, 1.807) is 6.07 Å². The normalized spacial score (nSPS) is 15.6. The summed E-state index contributed by atoms with van der Waals surface area (Å²) in [5.41, 5.74) is 2.13. The van der Waals surface area contributed by atoms with Crippen molar-refractivity contribution in [2.75, 3.05) is 40.3 Å². The standard InChI is InChI=1S/C24H33N3O2/c1-25(2)16-17-27(18-20-8-4-3-5-9-20)24(29)21-12-14-26(15-13-21)19-22-10-6-7-11-23(22)28/h3-11,21,28H,12-19H2,1-2H3. The van der Waals surface area contributed by atoms with Gasteiger partial charge in [0.25, 0.3) is 0 Å². The lowest BCUT2D eigenvalue weighted by molar-refractivity contribution is -0.138. The van der Waals surface area contributed by atoms with E-state index in [9.17, 15) is 9.90 Å². The molecule has 0 saturated carbocycles. The number of aromatic hydroxyl groups is 1. The smallest absolute Gasteiger partial charge is 0.226 e. The molecule has 1 N–H and O–H groups in total. The van der Waals surface area contributed by atoms with Gasteiger partial charge in [0.15, 0.2) is 0 Å². The van der Waals surface area contributed by atoms with Gasteiger partial charge in [-0.25, -0.2) is 0 Å². The van der Waals surface area contributed by atoms with Gasteiger partial charge in [-0.05, 0) is 51.7 Å². The SMILES string of the molecule is CN(C)CCN(Cc1ccccc1)C(=O)C1CCN(Cc2ccccc2O)CC1. The first-order valence-electron chi connectivity index (χ1n) is 10.5. The van der Waals surface area contributed by atoms with Crippen molar-refractivity contribution in [1.29, 1.82) is 0 Å². The Kier molecular flexibility index (Phi) is 7.67. The van der Waals surface area contributed by atoms with Crippen molar-refractivity contribution in [3.05, 3.63) is 65.7 Å². The van der Waals surface area contributed by atoms with Gasteiger partial charge in [0.2, 0.25) is 5.91 Å². The molecule has 3 rings (SSSR count). The predicted molar refractivity (Wildman–Crippen MR) is 117 cm³/mol. The Bertz CT molecular complexity index is 771. The molecule has 1 heterocycles. The first-order valence-corrected chi connectivity index (χ1v) is 10.5. The minimum atomic E-state index is 0.0847. The number of piperidine rings is 1. The van der Waals surface area contributed by atoms with E-state index < -0.39 is 0 Å². The number of rotatable bonds is 8. The zero-order chi connectivity index (χ0) is 20.6. The topological polar surface area (TPSA) is 47.0 Å². The molecule has 0 aromatic heterocycles. The number of likely N-dealkylation sites (tertiary alicyclic amines) is 1. The molecule has 1 aliphatic heterocycles. The Morgan fingerprint density at radius 3 is 2.31 bits per heavy atom.